The molecular weight excluding hydrogens is 342 g/mol. The number of amides is 4. The summed E-state index contributed by atoms with van der Waals surface area (Å²) in [6.45, 7) is 0.281. The molecule has 0 aromatic heterocycles. The summed E-state index contributed by atoms with van der Waals surface area (Å²) in [5.41, 5.74) is 4.00. The third-order valence-corrected chi connectivity index (χ3v) is 5.15. The molecule has 4 rings (SSSR count). The third kappa shape index (κ3) is 3.69. The molecule has 0 radical (unpaired) electrons. The van der Waals surface area contributed by atoms with Crippen LogP contribution in [-0.2, 0) is 22.6 Å². The lowest BCUT2D eigenvalue weighted by atomic mass is 10.1. The predicted molar refractivity (Wildman–Crippen MR) is 101 cm³/mol. The Morgan fingerprint density at radius 3 is 2.41 bits per heavy atom. The van der Waals surface area contributed by atoms with Crippen LogP contribution in [0.5, 0.6) is 0 Å². The number of nitrogens with one attached hydrogen (secondary N) is 2. The molecule has 1 saturated heterocycles. The minimum atomic E-state index is -0.241. The van der Waals surface area contributed by atoms with Gasteiger partial charge in [0.05, 0.1) is 12.6 Å². The summed E-state index contributed by atoms with van der Waals surface area (Å²) in [7, 11) is 0. The van der Waals surface area contributed by atoms with Crippen molar-refractivity contribution in [1.82, 2.24) is 10.2 Å². The van der Waals surface area contributed by atoms with Gasteiger partial charge < -0.3 is 10.6 Å². The quantitative estimate of drug-likeness (QED) is 0.819. The van der Waals surface area contributed by atoms with Gasteiger partial charge in [-0.05, 0) is 41.7 Å². The van der Waals surface area contributed by atoms with Crippen LogP contribution in [0.4, 0.5) is 10.5 Å². The molecule has 1 unspecified atom stereocenters. The van der Waals surface area contributed by atoms with Gasteiger partial charge in [-0.25, -0.2) is 4.79 Å². The van der Waals surface area contributed by atoms with Crippen molar-refractivity contribution in [3.8, 4) is 0 Å². The van der Waals surface area contributed by atoms with E-state index in [2.05, 4.69) is 22.8 Å². The largest absolute Gasteiger partial charge is 0.331 e. The number of benzene rings is 2. The Bertz CT molecular complexity index is 876. The molecule has 1 heterocycles. The molecule has 2 aromatic rings. The van der Waals surface area contributed by atoms with Crippen molar-refractivity contribution in [3.63, 3.8) is 0 Å². The minimum absolute atomic E-state index is 0.0349. The monoisotopic (exact) mass is 363 g/mol. The number of fused-ring (bicyclic) bond motifs is 1. The summed E-state index contributed by atoms with van der Waals surface area (Å²) in [5.74, 6) is -0.253. The van der Waals surface area contributed by atoms with E-state index < -0.39 is 0 Å². The number of nitrogens with zero attached hydrogens (tertiary/aromatic N) is 1. The number of hydrogen-bond donors (Lipinski definition) is 2. The topological polar surface area (TPSA) is 78.5 Å². The van der Waals surface area contributed by atoms with Gasteiger partial charge >= 0.3 is 6.03 Å². The van der Waals surface area contributed by atoms with Gasteiger partial charge in [-0.15, -0.1) is 0 Å². The smallest absolute Gasteiger partial charge is 0.319 e. The van der Waals surface area contributed by atoms with Crippen molar-refractivity contribution in [2.75, 3.05) is 5.32 Å². The zero-order valence-corrected chi connectivity index (χ0v) is 14.9. The lowest BCUT2D eigenvalue weighted by Gasteiger charge is -2.16. The maximum Gasteiger partial charge on any atom is 0.319 e. The van der Waals surface area contributed by atoms with Crippen LogP contribution in [0.2, 0.25) is 0 Å². The van der Waals surface area contributed by atoms with Gasteiger partial charge in [0, 0.05) is 18.5 Å². The molecule has 0 spiro atoms. The number of carbonyl (C=O) groups is 3. The van der Waals surface area contributed by atoms with E-state index in [0.29, 0.717) is 18.5 Å². The van der Waals surface area contributed by atoms with Gasteiger partial charge in [0.25, 0.3) is 0 Å². The van der Waals surface area contributed by atoms with Crippen LogP contribution in [0.3, 0.4) is 0 Å². The SMILES string of the molecule is O=C(Nc1ccc(CN2C(=O)CCC2=O)cc1)NC1CCc2ccccc21. The molecule has 0 saturated carbocycles. The zero-order chi connectivity index (χ0) is 18.8. The molecule has 2 aliphatic rings. The first kappa shape index (κ1) is 17.3. The van der Waals surface area contributed by atoms with Gasteiger partial charge in [-0.3, -0.25) is 14.5 Å². The number of hydrogen-bond acceptors (Lipinski definition) is 3. The molecule has 1 aliphatic heterocycles. The Morgan fingerprint density at radius 2 is 1.67 bits per heavy atom. The number of carbonyl (C=O) groups excluding carboxylic acids is 3. The summed E-state index contributed by atoms with van der Waals surface area (Å²) in [4.78, 5) is 37.0. The second kappa shape index (κ2) is 7.23. The average Bonchev–Trinajstić information content (AvgIpc) is 3.21. The number of rotatable bonds is 4. The highest BCUT2D eigenvalue weighted by Crippen LogP contribution is 2.30. The van der Waals surface area contributed by atoms with Crippen LogP contribution in [0.1, 0.15) is 42.0 Å². The Labute approximate surface area is 157 Å². The number of urea groups is 1. The molecular formula is C21H21N3O3. The van der Waals surface area contributed by atoms with E-state index in [1.807, 2.05) is 24.3 Å². The van der Waals surface area contributed by atoms with Crippen LogP contribution >= 0.6 is 0 Å². The predicted octanol–water partition coefficient (Wildman–Crippen LogP) is 3.14. The Balaban J connectivity index is 1.34. The average molecular weight is 363 g/mol. The lowest BCUT2D eigenvalue weighted by Crippen LogP contribution is -2.31. The summed E-state index contributed by atoms with van der Waals surface area (Å²) in [5, 5.41) is 5.86. The van der Waals surface area contributed by atoms with E-state index in [4.69, 9.17) is 0 Å². The van der Waals surface area contributed by atoms with E-state index >= 15 is 0 Å². The van der Waals surface area contributed by atoms with Gasteiger partial charge in [-0.2, -0.15) is 0 Å². The Hall–Kier alpha value is -3.15. The summed E-state index contributed by atoms with van der Waals surface area (Å²) in [6.07, 6.45) is 2.47. The first-order valence-corrected chi connectivity index (χ1v) is 9.17. The molecule has 4 amide bonds. The van der Waals surface area contributed by atoms with Crippen molar-refractivity contribution >= 4 is 23.5 Å². The minimum Gasteiger partial charge on any atom is -0.331 e. The first-order chi connectivity index (χ1) is 13.1. The van der Waals surface area contributed by atoms with Crippen LogP contribution in [0, 0.1) is 0 Å². The van der Waals surface area contributed by atoms with E-state index in [0.717, 1.165) is 18.4 Å². The van der Waals surface area contributed by atoms with Gasteiger partial charge in [0.15, 0.2) is 0 Å². The summed E-state index contributed by atoms with van der Waals surface area (Å²) >= 11 is 0. The number of likely N-dealkylation sites (tertiary alicyclic amines) is 1. The van der Waals surface area contributed by atoms with Crippen LogP contribution in [0.15, 0.2) is 48.5 Å². The third-order valence-electron chi connectivity index (χ3n) is 5.15. The number of aryl methyl sites for hydroxylation is 1. The Morgan fingerprint density at radius 1 is 0.963 bits per heavy atom. The van der Waals surface area contributed by atoms with E-state index in [1.165, 1.54) is 16.0 Å². The van der Waals surface area contributed by atoms with Gasteiger partial charge in [0.1, 0.15) is 0 Å². The van der Waals surface area contributed by atoms with Crippen LogP contribution < -0.4 is 10.6 Å². The van der Waals surface area contributed by atoms with Crippen molar-refractivity contribution in [2.45, 2.75) is 38.3 Å². The fourth-order valence-corrected chi connectivity index (χ4v) is 3.71. The molecule has 2 N–H and O–H groups in total. The zero-order valence-electron chi connectivity index (χ0n) is 14.9. The molecule has 1 aliphatic carbocycles. The lowest BCUT2D eigenvalue weighted by molar-refractivity contribution is -0.139. The molecule has 6 nitrogen and oxygen atoms in total. The Kier molecular flexibility index (Phi) is 4.62. The molecule has 27 heavy (non-hydrogen) atoms. The van der Waals surface area contributed by atoms with Crippen LogP contribution in [0.25, 0.3) is 0 Å². The van der Waals surface area contributed by atoms with E-state index in [1.54, 1.807) is 12.1 Å². The van der Waals surface area contributed by atoms with Gasteiger partial charge in [0.2, 0.25) is 11.8 Å². The van der Waals surface area contributed by atoms with E-state index in [9.17, 15) is 14.4 Å². The highest BCUT2D eigenvalue weighted by Gasteiger charge is 2.28. The fourth-order valence-electron chi connectivity index (χ4n) is 3.71. The van der Waals surface area contributed by atoms with Gasteiger partial charge in [-0.1, -0.05) is 36.4 Å². The normalized spacial score (nSPS) is 18.5. The molecule has 0 bridgehead atoms. The molecule has 1 atom stereocenters. The van der Waals surface area contributed by atoms with Crippen molar-refractivity contribution in [3.05, 3.63) is 65.2 Å². The molecule has 2 aromatic carbocycles. The second-order valence-corrected chi connectivity index (χ2v) is 6.96. The fraction of sp³-hybridized carbons (Fsp3) is 0.286. The molecule has 138 valence electrons. The summed E-state index contributed by atoms with van der Waals surface area (Å²) in [6, 6.07) is 15.2. The summed E-state index contributed by atoms with van der Waals surface area (Å²) < 4.78 is 0. The maximum absolute atomic E-state index is 12.3. The number of imide groups is 1. The standard InChI is InChI=1S/C21H21N3O3/c25-19-11-12-20(26)24(19)13-14-5-8-16(9-6-14)22-21(27)23-18-10-7-15-3-1-2-4-17(15)18/h1-6,8-9,18H,7,10-13H2,(H2,22,23,27). The highest BCUT2D eigenvalue weighted by atomic mass is 16.2. The molecule has 1 fully saturated rings. The van der Waals surface area contributed by atoms with Crippen LogP contribution in [-0.4, -0.2) is 22.7 Å². The number of anilines is 1. The van der Waals surface area contributed by atoms with Crippen molar-refractivity contribution in [2.24, 2.45) is 0 Å². The highest BCUT2D eigenvalue weighted by molar-refractivity contribution is 6.01. The maximum atomic E-state index is 12.3. The first-order valence-electron chi connectivity index (χ1n) is 9.17. The van der Waals surface area contributed by atoms with Crippen molar-refractivity contribution < 1.29 is 14.4 Å². The molecule has 6 heteroatoms. The van der Waals surface area contributed by atoms with Crippen molar-refractivity contribution in [1.29, 1.82) is 0 Å². The second-order valence-electron chi connectivity index (χ2n) is 6.96. The van der Waals surface area contributed by atoms with E-state index in [-0.39, 0.29) is 30.4 Å².